The van der Waals surface area contributed by atoms with Gasteiger partial charge in [-0.3, -0.25) is 9.52 Å². The number of hydrogen-bond donors (Lipinski definition) is 1. The molecule has 0 saturated carbocycles. The fraction of sp³-hybridized carbons (Fsp3) is 0.240. The van der Waals surface area contributed by atoms with Gasteiger partial charge in [0.05, 0.1) is 17.7 Å². The van der Waals surface area contributed by atoms with Crippen LogP contribution in [0.5, 0.6) is 5.75 Å². The van der Waals surface area contributed by atoms with Gasteiger partial charge in [-0.25, -0.2) is 8.42 Å². The van der Waals surface area contributed by atoms with Crippen molar-refractivity contribution in [2.75, 3.05) is 42.9 Å². The van der Waals surface area contributed by atoms with Crippen LogP contribution in [0.3, 0.4) is 0 Å². The summed E-state index contributed by atoms with van der Waals surface area (Å²) in [5.74, 6) is 0.707. The number of para-hydroxylation sites is 2. The van der Waals surface area contributed by atoms with E-state index in [1.807, 2.05) is 43.3 Å². The zero-order valence-corrected chi connectivity index (χ0v) is 19.5. The summed E-state index contributed by atoms with van der Waals surface area (Å²) in [6.07, 6.45) is 0. The maximum atomic E-state index is 13.0. The summed E-state index contributed by atoms with van der Waals surface area (Å²) in [7, 11) is -2.08. The molecule has 0 atom stereocenters. The number of anilines is 2. The van der Waals surface area contributed by atoms with Gasteiger partial charge >= 0.3 is 0 Å². The number of benzene rings is 3. The highest BCUT2D eigenvalue weighted by Gasteiger charge is 2.24. The SMILES string of the molecule is COc1ccccc1N1CCN(C(=O)c2ccc(S(=O)(=O)Nc3ccc(C)cc3)cc2)CC1. The van der Waals surface area contributed by atoms with E-state index < -0.39 is 10.0 Å². The van der Waals surface area contributed by atoms with Crippen LogP contribution in [0, 0.1) is 6.92 Å². The Labute approximate surface area is 194 Å². The number of sulfonamides is 1. The highest BCUT2D eigenvalue weighted by molar-refractivity contribution is 7.92. The maximum Gasteiger partial charge on any atom is 0.261 e. The molecule has 4 rings (SSSR count). The fourth-order valence-electron chi connectivity index (χ4n) is 3.84. The molecule has 0 spiro atoms. The predicted molar refractivity (Wildman–Crippen MR) is 130 cm³/mol. The summed E-state index contributed by atoms with van der Waals surface area (Å²) < 4.78 is 33.4. The summed E-state index contributed by atoms with van der Waals surface area (Å²) in [6.45, 7) is 4.47. The number of carbonyl (C=O) groups excluding carboxylic acids is 1. The predicted octanol–water partition coefficient (Wildman–Crippen LogP) is 3.77. The number of piperazine rings is 1. The van der Waals surface area contributed by atoms with Crippen LogP contribution in [0.25, 0.3) is 0 Å². The van der Waals surface area contributed by atoms with Crippen LogP contribution >= 0.6 is 0 Å². The minimum atomic E-state index is -3.73. The molecule has 1 fully saturated rings. The van der Waals surface area contributed by atoms with Gasteiger partial charge in [0.2, 0.25) is 0 Å². The molecule has 8 heteroatoms. The molecule has 1 heterocycles. The number of hydrogen-bond acceptors (Lipinski definition) is 5. The summed E-state index contributed by atoms with van der Waals surface area (Å²) in [5, 5.41) is 0. The van der Waals surface area contributed by atoms with Crippen LogP contribution < -0.4 is 14.4 Å². The van der Waals surface area contributed by atoms with Gasteiger partial charge in [-0.15, -0.1) is 0 Å². The van der Waals surface area contributed by atoms with Crippen molar-refractivity contribution in [3.05, 3.63) is 83.9 Å². The molecule has 33 heavy (non-hydrogen) atoms. The first-order chi connectivity index (χ1) is 15.9. The van der Waals surface area contributed by atoms with Crippen molar-refractivity contribution in [3.63, 3.8) is 0 Å². The molecular weight excluding hydrogens is 438 g/mol. The van der Waals surface area contributed by atoms with Gasteiger partial charge in [0.1, 0.15) is 5.75 Å². The second kappa shape index (κ2) is 9.54. The van der Waals surface area contributed by atoms with Crippen molar-refractivity contribution < 1.29 is 17.9 Å². The van der Waals surface area contributed by atoms with Crippen LogP contribution in [0.1, 0.15) is 15.9 Å². The van der Waals surface area contributed by atoms with Crippen LogP contribution in [0.15, 0.2) is 77.7 Å². The summed E-state index contributed by atoms with van der Waals surface area (Å²) >= 11 is 0. The zero-order chi connectivity index (χ0) is 23.4. The molecule has 1 aliphatic rings. The molecule has 7 nitrogen and oxygen atoms in total. The van der Waals surface area contributed by atoms with Crippen molar-refractivity contribution in [1.29, 1.82) is 0 Å². The van der Waals surface area contributed by atoms with Gasteiger partial charge in [0, 0.05) is 37.4 Å². The van der Waals surface area contributed by atoms with Gasteiger partial charge in [0.25, 0.3) is 15.9 Å². The number of ether oxygens (including phenoxy) is 1. The molecule has 0 unspecified atom stereocenters. The Kier molecular flexibility index (Phi) is 6.55. The molecule has 172 valence electrons. The number of carbonyl (C=O) groups is 1. The third-order valence-electron chi connectivity index (χ3n) is 5.71. The first-order valence-electron chi connectivity index (χ1n) is 10.7. The lowest BCUT2D eigenvalue weighted by Crippen LogP contribution is -2.48. The molecule has 0 bridgehead atoms. The van der Waals surface area contributed by atoms with E-state index in [9.17, 15) is 13.2 Å². The van der Waals surface area contributed by atoms with Gasteiger partial charge in [-0.1, -0.05) is 29.8 Å². The molecule has 0 aliphatic carbocycles. The summed E-state index contributed by atoms with van der Waals surface area (Å²) in [5.41, 5.74) is 3.02. The molecule has 1 amide bonds. The third-order valence-corrected chi connectivity index (χ3v) is 7.11. The standard InChI is InChI=1S/C25H27N3O4S/c1-19-7-11-21(12-8-19)26-33(30,31)22-13-9-20(10-14-22)25(29)28-17-15-27(16-18-28)23-5-3-4-6-24(23)32-2/h3-14,26H,15-18H2,1-2H3. The Bertz CT molecular complexity index is 1220. The number of nitrogens with one attached hydrogen (secondary N) is 1. The number of aryl methyl sites for hydroxylation is 1. The molecule has 1 saturated heterocycles. The smallest absolute Gasteiger partial charge is 0.261 e. The minimum absolute atomic E-state index is 0.106. The van der Waals surface area contributed by atoms with E-state index in [4.69, 9.17) is 4.74 Å². The molecule has 0 radical (unpaired) electrons. The van der Waals surface area contributed by atoms with Crippen LogP contribution in [0.4, 0.5) is 11.4 Å². The molecule has 3 aromatic carbocycles. The third kappa shape index (κ3) is 5.12. The number of amides is 1. The highest BCUT2D eigenvalue weighted by atomic mass is 32.2. The molecule has 0 aromatic heterocycles. The van der Waals surface area contributed by atoms with Gasteiger partial charge in [0.15, 0.2) is 0 Å². The average Bonchev–Trinajstić information content (AvgIpc) is 2.85. The summed E-state index contributed by atoms with van der Waals surface area (Å²) in [6, 6.07) is 21.0. The normalized spacial score (nSPS) is 14.1. The monoisotopic (exact) mass is 465 g/mol. The van der Waals surface area contributed by atoms with E-state index in [0.29, 0.717) is 37.4 Å². The first-order valence-corrected chi connectivity index (χ1v) is 12.2. The van der Waals surface area contributed by atoms with Crippen molar-refractivity contribution in [3.8, 4) is 5.75 Å². The Morgan fingerprint density at radius 1 is 0.879 bits per heavy atom. The zero-order valence-electron chi connectivity index (χ0n) is 18.7. The Morgan fingerprint density at radius 3 is 2.15 bits per heavy atom. The highest BCUT2D eigenvalue weighted by Crippen LogP contribution is 2.28. The second-order valence-corrected chi connectivity index (χ2v) is 9.63. The lowest BCUT2D eigenvalue weighted by molar-refractivity contribution is 0.0746. The first kappa shape index (κ1) is 22.7. The quantitative estimate of drug-likeness (QED) is 0.600. The fourth-order valence-corrected chi connectivity index (χ4v) is 4.90. The van der Waals surface area contributed by atoms with Crippen molar-refractivity contribution in [1.82, 2.24) is 4.90 Å². The minimum Gasteiger partial charge on any atom is -0.495 e. The maximum absolute atomic E-state index is 13.0. The Hall–Kier alpha value is -3.52. The van der Waals surface area contributed by atoms with Crippen LogP contribution in [-0.4, -0.2) is 52.5 Å². The van der Waals surface area contributed by atoms with E-state index in [1.165, 1.54) is 12.1 Å². The van der Waals surface area contributed by atoms with Gasteiger partial charge in [-0.2, -0.15) is 0 Å². The van der Waals surface area contributed by atoms with Crippen molar-refractivity contribution in [2.24, 2.45) is 0 Å². The van der Waals surface area contributed by atoms with E-state index >= 15 is 0 Å². The van der Waals surface area contributed by atoms with E-state index in [1.54, 1.807) is 36.3 Å². The average molecular weight is 466 g/mol. The van der Waals surface area contributed by atoms with Crippen molar-refractivity contribution >= 4 is 27.3 Å². The Morgan fingerprint density at radius 2 is 1.52 bits per heavy atom. The molecular formula is C25H27N3O4S. The largest absolute Gasteiger partial charge is 0.495 e. The topological polar surface area (TPSA) is 79.0 Å². The van der Waals surface area contributed by atoms with E-state index in [-0.39, 0.29) is 10.8 Å². The number of rotatable bonds is 6. The number of methoxy groups -OCH3 is 1. The molecule has 1 N–H and O–H groups in total. The van der Waals surface area contributed by atoms with Gasteiger partial charge < -0.3 is 14.5 Å². The van der Waals surface area contributed by atoms with Crippen molar-refractivity contribution in [2.45, 2.75) is 11.8 Å². The molecule has 3 aromatic rings. The van der Waals surface area contributed by atoms with Crippen LogP contribution in [-0.2, 0) is 10.0 Å². The second-order valence-electron chi connectivity index (χ2n) is 7.95. The lowest BCUT2D eigenvalue weighted by Gasteiger charge is -2.36. The number of nitrogens with zero attached hydrogens (tertiary/aromatic N) is 2. The Balaban J connectivity index is 1.40. The lowest BCUT2D eigenvalue weighted by atomic mass is 10.1. The van der Waals surface area contributed by atoms with E-state index in [0.717, 1.165) is 17.0 Å². The summed E-state index contributed by atoms with van der Waals surface area (Å²) in [4.78, 5) is 17.1. The van der Waals surface area contributed by atoms with E-state index in [2.05, 4.69) is 9.62 Å². The van der Waals surface area contributed by atoms with Crippen LogP contribution in [0.2, 0.25) is 0 Å². The van der Waals surface area contributed by atoms with Gasteiger partial charge in [-0.05, 0) is 55.5 Å². The molecule has 1 aliphatic heterocycles.